The molecule has 8 nitrogen and oxygen atoms in total. The first kappa shape index (κ1) is 26.1. The van der Waals surface area contributed by atoms with Crippen LogP contribution in [0.2, 0.25) is 0 Å². The Labute approximate surface area is 236 Å². The summed E-state index contributed by atoms with van der Waals surface area (Å²) in [6.45, 7) is 6.79. The first-order valence-corrected chi connectivity index (χ1v) is 15.1. The number of carbonyl (C=O) groups excluding carboxylic acids is 2. The first-order chi connectivity index (χ1) is 18.9. The Hall–Kier alpha value is -3.18. The van der Waals surface area contributed by atoms with Crippen molar-refractivity contribution < 1.29 is 9.59 Å². The monoisotopic (exact) mass is 560 g/mol. The van der Waals surface area contributed by atoms with Gasteiger partial charge >= 0.3 is 0 Å². The summed E-state index contributed by atoms with van der Waals surface area (Å²) >= 11 is 3.03. The van der Waals surface area contributed by atoms with Gasteiger partial charge in [0.1, 0.15) is 11.7 Å². The molecule has 39 heavy (non-hydrogen) atoms. The third-order valence-corrected chi connectivity index (χ3v) is 9.57. The van der Waals surface area contributed by atoms with Crippen molar-refractivity contribution in [1.29, 1.82) is 0 Å². The van der Waals surface area contributed by atoms with Gasteiger partial charge in [0.05, 0.1) is 34.0 Å². The number of hydrazone groups is 1. The minimum Gasteiger partial charge on any atom is -0.331 e. The highest BCUT2D eigenvalue weighted by molar-refractivity contribution is 8.00. The number of nitrogens with zero attached hydrogens (tertiary/aromatic N) is 3. The van der Waals surface area contributed by atoms with E-state index < -0.39 is 5.50 Å². The van der Waals surface area contributed by atoms with Crippen molar-refractivity contribution in [1.82, 2.24) is 21.1 Å². The lowest BCUT2D eigenvalue weighted by Gasteiger charge is -2.37. The Bertz CT molecular complexity index is 1410. The van der Waals surface area contributed by atoms with Gasteiger partial charge in [0.25, 0.3) is 5.91 Å². The summed E-state index contributed by atoms with van der Waals surface area (Å²) in [4.78, 5) is 27.6. The average Bonchev–Trinajstić information content (AvgIpc) is 3.69. The Morgan fingerprint density at radius 3 is 2.67 bits per heavy atom. The number of rotatable bonds is 6. The molecular formula is C29H32N6O2S2. The van der Waals surface area contributed by atoms with Crippen molar-refractivity contribution >= 4 is 46.3 Å². The number of fused-ring (bicyclic) bond motifs is 1. The second-order valence-electron chi connectivity index (χ2n) is 10.3. The summed E-state index contributed by atoms with van der Waals surface area (Å²) in [5.41, 5.74) is 9.61. The van der Waals surface area contributed by atoms with Crippen molar-refractivity contribution in [2.75, 3.05) is 17.3 Å². The van der Waals surface area contributed by atoms with Crippen LogP contribution in [0.4, 0.5) is 5.69 Å². The van der Waals surface area contributed by atoms with E-state index in [-0.39, 0.29) is 35.7 Å². The molecule has 1 aromatic heterocycles. The zero-order valence-electron chi connectivity index (χ0n) is 22.2. The summed E-state index contributed by atoms with van der Waals surface area (Å²) < 4.78 is 0. The number of nitrogens with one attached hydrogen (secondary N) is 3. The maximum Gasteiger partial charge on any atom is 0.253 e. The molecule has 202 valence electrons. The van der Waals surface area contributed by atoms with E-state index in [1.165, 1.54) is 28.5 Å². The first-order valence-electron chi connectivity index (χ1n) is 13.2. The van der Waals surface area contributed by atoms with E-state index in [1.807, 2.05) is 22.5 Å². The molecule has 6 rings (SSSR count). The molecule has 2 aromatic carbocycles. The number of hydrogen-bond acceptors (Lipinski definition) is 8. The van der Waals surface area contributed by atoms with Gasteiger partial charge in [0.15, 0.2) is 0 Å². The second kappa shape index (κ2) is 10.8. The van der Waals surface area contributed by atoms with Crippen LogP contribution in [-0.2, 0) is 9.59 Å². The van der Waals surface area contributed by atoms with Crippen LogP contribution in [0.5, 0.6) is 0 Å². The minimum absolute atomic E-state index is 0.0146. The molecule has 3 aromatic rings. The molecule has 3 aliphatic rings. The van der Waals surface area contributed by atoms with Crippen LogP contribution in [0.25, 0.3) is 0 Å². The van der Waals surface area contributed by atoms with Gasteiger partial charge in [0, 0.05) is 13.0 Å². The van der Waals surface area contributed by atoms with Crippen LogP contribution in [-0.4, -0.2) is 46.5 Å². The number of carbonyl (C=O) groups is 2. The van der Waals surface area contributed by atoms with E-state index in [0.717, 1.165) is 21.8 Å². The molecule has 0 saturated carbocycles. The topological polar surface area (TPSA) is 89.1 Å². The van der Waals surface area contributed by atoms with Gasteiger partial charge in [-0.05, 0) is 61.0 Å². The van der Waals surface area contributed by atoms with Crippen molar-refractivity contribution in [3.8, 4) is 0 Å². The van der Waals surface area contributed by atoms with Crippen LogP contribution in [0.15, 0.2) is 65.1 Å². The van der Waals surface area contributed by atoms with E-state index >= 15 is 0 Å². The number of amides is 2. The molecule has 0 aliphatic carbocycles. The Balaban J connectivity index is 1.16. The highest BCUT2D eigenvalue weighted by Crippen LogP contribution is 2.35. The maximum atomic E-state index is 13.6. The molecule has 3 N–H and O–H groups in total. The number of benzene rings is 2. The van der Waals surface area contributed by atoms with Gasteiger partial charge in [-0.25, -0.2) is 10.4 Å². The van der Waals surface area contributed by atoms with E-state index in [9.17, 15) is 9.59 Å². The Morgan fingerprint density at radius 2 is 1.92 bits per heavy atom. The SMILES string of the molecule is Cc1ccc(C2CC(c3cccs3)=NN2C(=O)CSC2NC(=O)C3CNN(c4ccc(C)c(C)c4)C3N2)cc1. The van der Waals surface area contributed by atoms with Crippen molar-refractivity contribution in [2.45, 2.75) is 44.9 Å². The van der Waals surface area contributed by atoms with Gasteiger partial charge < -0.3 is 5.32 Å². The summed E-state index contributed by atoms with van der Waals surface area (Å²) in [6, 6.07) is 18.5. The number of thioether (sulfide) groups is 1. The zero-order chi connectivity index (χ0) is 27.1. The van der Waals surface area contributed by atoms with Crippen LogP contribution in [0.3, 0.4) is 0 Å². The summed E-state index contributed by atoms with van der Waals surface area (Å²) in [6.07, 6.45) is 0.475. The summed E-state index contributed by atoms with van der Waals surface area (Å²) in [5.74, 6) is -0.123. The Morgan fingerprint density at radius 1 is 1.10 bits per heavy atom. The quantitative estimate of drug-likeness (QED) is 0.422. The Kier molecular flexibility index (Phi) is 7.20. The molecule has 10 heteroatoms. The largest absolute Gasteiger partial charge is 0.331 e. The number of hydrazine groups is 1. The van der Waals surface area contributed by atoms with Crippen LogP contribution < -0.4 is 21.1 Å². The van der Waals surface area contributed by atoms with Gasteiger partial charge in [-0.15, -0.1) is 23.1 Å². The predicted molar refractivity (Wildman–Crippen MR) is 157 cm³/mol. The third kappa shape index (κ3) is 5.21. The zero-order valence-corrected chi connectivity index (χ0v) is 23.8. The highest BCUT2D eigenvalue weighted by atomic mass is 32.2. The maximum absolute atomic E-state index is 13.6. The molecule has 2 amide bonds. The van der Waals surface area contributed by atoms with Crippen LogP contribution in [0, 0.1) is 26.7 Å². The molecule has 0 spiro atoms. The molecule has 4 heterocycles. The molecule has 0 bridgehead atoms. The summed E-state index contributed by atoms with van der Waals surface area (Å²) in [7, 11) is 0. The second-order valence-corrected chi connectivity index (χ2v) is 12.4. The molecular weight excluding hydrogens is 528 g/mol. The number of hydrogen-bond donors (Lipinski definition) is 3. The van der Waals surface area contributed by atoms with Gasteiger partial charge in [-0.3, -0.25) is 19.9 Å². The molecule has 4 unspecified atom stereocenters. The van der Waals surface area contributed by atoms with E-state index in [2.05, 4.69) is 79.3 Å². The van der Waals surface area contributed by atoms with E-state index in [0.29, 0.717) is 13.0 Å². The lowest BCUT2D eigenvalue weighted by Crippen LogP contribution is -2.63. The molecule has 0 radical (unpaired) electrons. The third-order valence-electron chi connectivity index (χ3n) is 7.65. The molecule has 4 atom stereocenters. The number of aryl methyl sites for hydroxylation is 3. The lowest BCUT2D eigenvalue weighted by molar-refractivity contribution is -0.130. The van der Waals surface area contributed by atoms with Crippen molar-refractivity contribution in [3.63, 3.8) is 0 Å². The minimum atomic E-state index is -0.391. The number of thiophene rings is 1. The van der Waals surface area contributed by atoms with Gasteiger partial charge in [-0.2, -0.15) is 5.10 Å². The molecule has 2 saturated heterocycles. The average molecular weight is 561 g/mol. The lowest BCUT2D eigenvalue weighted by atomic mass is 10.00. The predicted octanol–water partition coefficient (Wildman–Crippen LogP) is 4.05. The van der Waals surface area contributed by atoms with Crippen LogP contribution in [0.1, 0.15) is 39.6 Å². The fourth-order valence-electron chi connectivity index (χ4n) is 5.26. The number of anilines is 1. The van der Waals surface area contributed by atoms with Gasteiger partial charge in [0.2, 0.25) is 5.91 Å². The van der Waals surface area contributed by atoms with Crippen molar-refractivity contribution in [2.24, 2.45) is 11.0 Å². The van der Waals surface area contributed by atoms with Gasteiger partial charge in [-0.1, -0.05) is 42.0 Å². The normalized spacial score (nSPS) is 24.5. The molecule has 2 fully saturated rings. The molecule has 3 aliphatic heterocycles. The highest BCUT2D eigenvalue weighted by Gasteiger charge is 2.44. The standard InChI is InChI=1S/C29H32N6O2S2/c1-17-6-9-20(10-7-17)24-14-23(25-5-4-12-38-25)33-35(24)26(36)16-39-29-31-27-22(28(37)32-29)15-30-34(27)21-11-8-18(2)19(3)13-21/h4-13,22,24,27,29-31H,14-16H2,1-3H3,(H,32,37). The van der Waals surface area contributed by atoms with E-state index in [4.69, 9.17) is 5.10 Å². The van der Waals surface area contributed by atoms with E-state index in [1.54, 1.807) is 16.3 Å². The summed E-state index contributed by atoms with van der Waals surface area (Å²) in [5, 5.41) is 17.1. The van der Waals surface area contributed by atoms with Crippen LogP contribution >= 0.6 is 23.1 Å². The fraction of sp³-hybridized carbons (Fsp3) is 0.345. The smallest absolute Gasteiger partial charge is 0.253 e. The fourth-order valence-corrected chi connectivity index (χ4v) is 6.86. The van der Waals surface area contributed by atoms with Crippen molar-refractivity contribution in [3.05, 3.63) is 87.1 Å².